The number of fused-ring (bicyclic) bond motifs is 1. The van der Waals surface area contributed by atoms with Gasteiger partial charge >= 0.3 is 0 Å². The Morgan fingerprint density at radius 1 is 1.24 bits per heavy atom. The van der Waals surface area contributed by atoms with E-state index in [1.807, 2.05) is 6.07 Å². The molecule has 9 heteroatoms. The zero-order valence-electron chi connectivity index (χ0n) is 17.6. The summed E-state index contributed by atoms with van der Waals surface area (Å²) in [6.07, 6.45) is 0.754. The van der Waals surface area contributed by atoms with Crippen LogP contribution in [-0.2, 0) is 5.79 Å². The molecule has 1 aliphatic rings. The lowest BCUT2D eigenvalue weighted by Crippen LogP contribution is -2.54. The Morgan fingerprint density at radius 2 is 2.06 bits per heavy atom. The topological polar surface area (TPSA) is 93.2 Å². The number of hydrogen-bond donors (Lipinski definition) is 2. The first kappa shape index (κ1) is 21.3. The summed E-state index contributed by atoms with van der Waals surface area (Å²) in [5.41, 5.74) is 2.51. The molecule has 170 valence electrons. The first-order chi connectivity index (χ1) is 16.0. The molecule has 0 aliphatic heterocycles. The monoisotopic (exact) mass is 452 g/mol. The SMILES string of the molecule is O=C(NC[C@H]1CC[C@](F)(n2cc3ccc(-c4cnoc4)cc3n2)[C@H](O)[C@@H]1F)c1ccccc1. The van der Waals surface area contributed by atoms with Crippen LogP contribution in [0.5, 0.6) is 0 Å². The Morgan fingerprint density at radius 3 is 2.82 bits per heavy atom. The summed E-state index contributed by atoms with van der Waals surface area (Å²) in [7, 11) is 0. The van der Waals surface area contributed by atoms with Crippen molar-refractivity contribution >= 4 is 16.8 Å². The van der Waals surface area contributed by atoms with Crippen molar-refractivity contribution in [3.63, 3.8) is 0 Å². The van der Waals surface area contributed by atoms with E-state index in [4.69, 9.17) is 4.52 Å². The molecule has 4 atom stereocenters. The minimum Gasteiger partial charge on any atom is -0.385 e. The number of aliphatic hydroxyl groups is 1. The van der Waals surface area contributed by atoms with E-state index in [1.54, 1.807) is 48.7 Å². The summed E-state index contributed by atoms with van der Waals surface area (Å²) in [6.45, 7) is 0.00517. The lowest BCUT2D eigenvalue weighted by molar-refractivity contribution is -0.153. The third kappa shape index (κ3) is 3.89. The highest BCUT2D eigenvalue weighted by atomic mass is 19.2. The van der Waals surface area contributed by atoms with E-state index in [0.29, 0.717) is 16.5 Å². The van der Waals surface area contributed by atoms with Gasteiger partial charge in [0.1, 0.15) is 18.5 Å². The Bertz CT molecular complexity index is 1260. The lowest BCUT2D eigenvalue weighted by Gasteiger charge is -2.40. The number of amides is 1. The van der Waals surface area contributed by atoms with Crippen LogP contribution in [0, 0.1) is 5.92 Å². The number of halogens is 2. The molecule has 1 saturated carbocycles. The van der Waals surface area contributed by atoms with Gasteiger partial charge in [0.2, 0.25) is 5.79 Å². The molecule has 2 heterocycles. The van der Waals surface area contributed by atoms with Crippen LogP contribution in [0.1, 0.15) is 23.2 Å². The van der Waals surface area contributed by atoms with E-state index in [0.717, 1.165) is 15.8 Å². The maximum absolute atomic E-state index is 15.9. The van der Waals surface area contributed by atoms with Gasteiger partial charge in [-0.1, -0.05) is 35.5 Å². The van der Waals surface area contributed by atoms with Gasteiger partial charge in [-0.2, -0.15) is 5.10 Å². The minimum atomic E-state index is -2.39. The average molecular weight is 452 g/mol. The second-order valence-electron chi connectivity index (χ2n) is 8.34. The Labute approximate surface area is 188 Å². The van der Waals surface area contributed by atoms with Crippen LogP contribution < -0.4 is 5.32 Å². The molecule has 0 radical (unpaired) electrons. The first-order valence-corrected chi connectivity index (χ1v) is 10.7. The normalized spacial score (nSPS) is 25.2. The third-order valence-corrected chi connectivity index (χ3v) is 6.29. The number of aromatic nitrogens is 3. The van der Waals surface area contributed by atoms with Crippen LogP contribution in [0.2, 0.25) is 0 Å². The number of rotatable bonds is 5. The van der Waals surface area contributed by atoms with Crippen molar-refractivity contribution < 1.29 is 23.2 Å². The number of alkyl halides is 2. The molecule has 2 N–H and O–H groups in total. The number of carbonyl (C=O) groups is 1. The number of benzene rings is 2. The van der Waals surface area contributed by atoms with E-state index >= 15 is 8.78 Å². The number of hydrogen-bond acceptors (Lipinski definition) is 5. The van der Waals surface area contributed by atoms with Crippen LogP contribution >= 0.6 is 0 Å². The fourth-order valence-corrected chi connectivity index (χ4v) is 4.31. The predicted octanol–water partition coefficient (Wildman–Crippen LogP) is 3.85. The number of nitrogens with zero attached hydrogens (tertiary/aromatic N) is 3. The second kappa shape index (κ2) is 8.40. The molecule has 0 saturated heterocycles. The zero-order chi connectivity index (χ0) is 23.0. The number of carbonyl (C=O) groups excluding carboxylic acids is 1. The second-order valence-corrected chi connectivity index (χ2v) is 8.34. The van der Waals surface area contributed by atoms with Crippen LogP contribution in [0.25, 0.3) is 22.0 Å². The summed E-state index contributed by atoms with van der Waals surface area (Å²) in [6, 6.07) is 13.9. The Hall–Kier alpha value is -3.59. The molecule has 2 aromatic carbocycles. The highest BCUT2D eigenvalue weighted by molar-refractivity contribution is 5.94. The van der Waals surface area contributed by atoms with Crippen molar-refractivity contribution in [1.82, 2.24) is 20.3 Å². The van der Waals surface area contributed by atoms with E-state index in [2.05, 4.69) is 15.6 Å². The van der Waals surface area contributed by atoms with Crippen LogP contribution in [0.4, 0.5) is 8.78 Å². The van der Waals surface area contributed by atoms with Gasteiger partial charge in [0, 0.05) is 41.6 Å². The summed E-state index contributed by atoms with van der Waals surface area (Å²) in [4.78, 5) is 12.2. The molecule has 33 heavy (non-hydrogen) atoms. The van der Waals surface area contributed by atoms with Crippen molar-refractivity contribution in [2.24, 2.45) is 5.92 Å². The quantitative estimate of drug-likeness (QED) is 0.480. The molecule has 0 spiro atoms. The molecule has 1 fully saturated rings. The van der Waals surface area contributed by atoms with Gasteiger partial charge < -0.3 is 14.9 Å². The molecular weight excluding hydrogens is 430 g/mol. The number of aliphatic hydroxyl groups excluding tert-OH is 1. The third-order valence-electron chi connectivity index (χ3n) is 6.29. The fraction of sp³-hybridized carbons (Fsp3) is 0.292. The molecular formula is C24H22F2N4O3. The highest BCUT2D eigenvalue weighted by Gasteiger charge is 2.52. The Balaban J connectivity index is 1.31. The van der Waals surface area contributed by atoms with Gasteiger partial charge in [0.25, 0.3) is 5.91 Å². The molecule has 0 bridgehead atoms. The average Bonchev–Trinajstić information content (AvgIpc) is 3.52. The van der Waals surface area contributed by atoms with Gasteiger partial charge in [0.15, 0.2) is 0 Å². The van der Waals surface area contributed by atoms with E-state index in [9.17, 15) is 9.90 Å². The van der Waals surface area contributed by atoms with Crippen molar-refractivity contribution in [2.45, 2.75) is 30.9 Å². The summed E-state index contributed by atoms with van der Waals surface area (Å²) >= 11 is 0. The number of nitrogens with one attached hydrogen (secondary N) is 1. The van der Waals surface area contributed by atoms with Gasteiger partial charge in [-0.05, 0) is 30.2 Å². The molecule has 0 unspecified atom stereocenters. The van der Waals surface area contributed by atoms with Crippen molar-refractivity contribution in [2.75, 3.05) is 6.54 Å². The van der Waals surface area contributed by atoms with Gasteiger partial charge in [-0.25, -0.2) is 13.5 Å². The molecule has 1 amide bonds. The van der Waals surface area contributed by atoms with Crippen molar-refractivity contribution in [3.05, 3.63) is 72.8 Å². The predicted molar refractivity (Wildman–Crippen MR) is 117 cm³/mol. The molecule has 7 nitrogen and oxygen atoms in total. The van der Waals surface area contributed by atoms with E-state index < -0.39 is 24.0 Å². The van der Waals surface area contributed by atoms with Crippen LogP contribution in [0.15, 0.2) is 71.7 Å². The zero-order valence-corrected chi connectivity index (χ0v) is 17.6. The largest absolute Gasteiger partial charge is 0.385 e. The molecule has 4 aromatic rings. The van der Waals surface area contributed by atoms with E-state index in [-0.39, 0.29) is 25.3 Å². The standard InChI is InChI=1S/C24H22F2N4O3/c25-21-17(11-27-23(32)15-4-2-1-3-5-15)8-9-24(26,22(21)31)30-13-18-7-6-16(10-20(18)29-30)19-12-28-33-14-19/h1-7,10,12-14,17,21-22,31H,8-9,11H2,(H,27,32)/t17-,21-,22-,24+/m1/s1. The lowest BCUT2D eigenvalue weighted by atomic mass is 9.80. The van der Waals surface area contributed by atoms with E-state index in [1.165, 1.54) is 12.5 Å². The maximum atomic E-state index is 15.9. The van der Waals surface area contributed by atoms with Crippen LogP contribution in [-0.4, -0.2) is 44.8 Å². The Kier molecular flexibility index (Phi) is 5.41. The van der Waals surface area contributed by atoms with Gasteiger partial charge in [0.05, 0.1) is 11.7 Å². The van der Waals surface area contributed by atoms with Crippen molar-refractivity contribution in [3.8, 4) is 11.1 Å². The highest BCUT2D eigenvalue weighted by Crippen LogP contribution is 2.41. The first-order valence-electron chi connectivity index (χ1n) is 10.7. The van der Waals surface area contributed by atoms with Crippen LogP contribution in [0.3, 0.4) is 0 Å². The fourth-order valence-electron chi connectivity index (χ4n) is 4.31. The van der Waals surface area contributed by atoms with Crippen molar-refractivity contribution in [1.29, 1.82) is 0 Å². The van der Waals surface area contributed by atoms with Gasteiger partial charge in [-0.15, -0.1) is 0 Å². The summed E-state index contributed by atoms with van der Waals surface area (Å²) < 4.78 is 36.9. The maximum Gasteiger partial charge on any atom is 0.251 e. The molecule has 5 rings (SSSR count). The summed E-state index contributed by atoms with van der Waals surface area (Å²) in [5, 5.41) is 21.9. The smallest absolute Gasteiger partial charge is 0.251 e. The minimum absolute atomic E-state index is 0.00517. The molecule has 1 aliphatic carbocycles. The van der Waals surface area contributed by atoms with Gasteiger partial charge in [-0.3, -0.25) is 4.79 Å². The molecule has 2 aromatic heterocycles. The summed E-state index contributed by atoms with van der Waals surface area (Å²) in [5.74, 6) is -3.44.